The van der Waals surface area contributed by atoms with Gasteiger partial charge in [-0.2, -0.15) is 0 Å². The van der Waals surface area contributed by atoms with Crippen LogP contribution in [-0.2, 0) is 16.1 Å². The number of benzene rings is 1. The molecule has 1 rings (SSSR count). The third kappa shape index (κ3) is 4.35. The van der Waals surface area contributed by atoms with Crippen LogP contribution in [0.2, 0.25) is 0 Å². The molecule has 0 saturated heterocycles. The van der Waals surface area contributed by atoms with Crippen LogP contribution in [-0.4, -0.2) is 28.9 Å². The largest absolute Gasteiger partial charge is 0.481 e. The first-order valence-corrected chi connectivity index (χ1v) is 6.84. The first kappa shape index (κ1) is 15.7. The average Bonchev–Trinajstić information content (AvgIpc) is 2.38. The molecule has 104 valence electrons. The van der Waals surface area contributed by atoms with Gasteiger partial charge in [-0.3, -0.25) is 9.59 Å². The maximum atomic E-state index is 12.1. The molecule has 2 unspecified atom stereocenters. The Hall–Kier alpha value is -1.36. The number of amides is 1. The first-order valence-electron chi connectivity index (χ1n) is 6.05. The Kier molecular flexibility index (Phi) is 5.54. The summed E-state index contributed by atoms with van der Waals surface area (Å²) in [5.41, 5.74) is 1.01. The Morgan fingerprint density at radius 2 is 1.74 bits per heavy atom. The molecule has 1 N–H and O–H groups in total. The molecule has 0 spiro atoms. The van der Waals surface area contributed by atoms with Gasteiger partial charge in [0.15, 0.2) is 0 Å². The van der Waals surface area contributed by atoms with Gasteiger partial charge in [0.25, 0.3) is 0 Å². The minimum Gasteiger partial charge on any atom is -0.481 e. The van der Waals surface area contributed by atoms with Crippen molar-refractivity contribution in [2.75, 3.05) is 7.05 Å². The normalized spacial score (nSPS) is 13.7. The van der Waals surface area contributed by atoms with Gasteiger partial charge in [0, 0.05) is 24.0 Å². The van der Waals surface area contributed by atoms with Crippen molar-refractivity contribution in [2.24, 2.45) is 11.8 Å². The third-order valence-corrected chi connectivity index (χ3v) is 3.77. The van der Waals surface area contributed by atoms with Gasteiger partial charge in [-0.1, -0.05) is 41.9 Å². The number of halogens is 1. The number of carboxylic acid groups (broad SMARTS) is 1. The number of hydrogen-bond acceptors (Lipinski definition) is 2. The molecule has 1 aromatic carbocycles. The van der Waals surface area contributed by atoms with Crippen LogP contribution in [0.15, 0.2) is 28.7 Å². The van der Waals surface area contributed by atoms with E-state index in [1.165, 1.54) is 0 Å². The van der Waals surface area contributed by atoms with Crippen molar-refractivity contribution in [3.05, 3.63) is 34.3 Å². The summed E-state index contributed by atoms with van der Waals surface area (Å²) < 4.78 is 0.984. The van der Waals surface area contributed by atoms with Crippen molar-refractivity contribution < 1.29 is 14.7 Å². The molecule has 0 saturated carbocycles. The maximum absolute atomic E-state index is 12.1. The molecule has 0 aliphatic carbocycles. The van der Waals surface area contributed by atoms with Crippen LogP contribution in [0.3, 0.4) is 0 Å². The molecular formula is C14H18BrNO3. The molecule has 1 aromatic rings. The van der Waals surface area contributed by atoms with Crippen LogP contribution in [0.5, 0.6) is 0 Å². The molecule has 1 amide bonds. The van der Waals surface area contributed by atoms with E-state index >= 15 is 0 Å². The van der Waals surface area contributed by atoms with Crippen LogP contribution >= 0.6 is 15.9 Å². The predicted molar refractivity (Wildman–Crippen MR) is 76.6 cm³/mol. The summed E-state index contributed by atoms with van der Waals surface area (Å²) in [6, 6.07) is 7.69. The zero-order valence-corrected chi connectivity index (χ0v) is 12.8. The van der Waals surface area contributed by atoms with E-state index in [9.17, 15) is 9.59 Å². The van der Waals surface area contributed by atoms with Gasteiger partial charge < -0.3 is 10.0 Å². The quantitative estimate of drug-likeness (QED) is 0.904. The molecule has 4 nitrogen and oxygen atoms in total. The lowest BCUT2D eigenvalue weighted by Gasteiger charge is -2.23. The van der Waals surface area contributed by atoms with Crippen molar-refractivity contribution >= 4 is 27.8 Å². The highest BCUT2D eigenvalue weighted by Gasteiger charge is 2.27. The molecule has 0 aromatic heterocycles. The molecule has 0 bridgehead atoms. The maximum Gasteiger partial charge on any atom is 0.307 e. The van der Waals surface area contributed by atoms with Crippen LogP contribution in [0, 0.1) is 11.8 Å². The van der Waals surface area contributed by atoms with E-state index in [4.69, 9.17) is 5.11 Å². The highest BCUT2D eigenvalue weighted by atomic mass is 79.9. The Morgan fingerprint density at radius 3 is 2.21 bits per heavy atom. The zero-order chi connectivity index (χ0) is 14.6. The van der Waals surface area contributed by atoms with Gasteiger partial charge in [0.1, 0.15) is 0 Å². The highest BCUT2D eigenvalue weighted by molar-refractivity contribution is 9.10. The average molecular weight is 328 g/mol. The van der Waals surface area contributed by atoms with E-state index in [0.29, 0.717) is 6.54 Å². The van der Waals surface area contributed by atoms with Crippen LogP contribution in [0.1, 0.15) is 19.4 Å². The van der Waals surface area contributed by atoms with E-state index < -0.39 is 17.8 Å². The number of hydrogen-bond donors (Lipinski definition) is 1. The summed E-state index contributed by atoms with van der Waals surface area (Å²) in [5, 5.41) is 8.93. The van der Waals surface area contributed by atoms with Crippen molar-refractivity contribution in [2.45, 2.75) is 20.4 Å². The van der Waals surface area contributed by atoms with Crippen molar-refractivity contribution in [3.8, 4) is 0 Å². The topological polar surface area (TPSA) is 57.6 Å². The van der Waals surface area contributed by atoms with E-state index in [1.54, 1.807) is 25.8 Å². The second kappa shape index (κ2) is 6.70. The number of aliphatic carboxylic acids is 1. The van der Waals surface area contributed by atoms with Gasteiger partial charge in [-0.15, -0.1) is 0 Å². The lowest BCUT2D eigenvalue weighted by Crippen LogP contribution is -2.36. The van der Waals surface area contributed by atoms with E-state index in [2.05, 4.69) is 15.9 Å². The fraction of sp³-hybridized carbons (Fsp3) is 0.429. The van der Waals surface area contributed by atoms with E-state index in [1.807, 2.05) is 24.3 Å². The number of nitrogens with zero attached hydrogens (tertiary/aromatic N) is 1. The van der Waals surface area contributed by atoms with Crippen LogP contribution in [0.4, 0.5) is 0 Å². The second-order valence-corrected chi connectivity index (χ2v) is 5.65. The summed E-state index contributed by atoms with van der Waals surface area (Å²) in [6.45, 7) is 3.68. The standard InChI is InChI=1S/C14H18BrNO3/c1-9(10(2)14(18)19)13(17)16(3)8-11-4-6-12(15)7-5-11/h4-7,9-10H,8H2,1-3H3,(H,18,19). The van der Waals surface area contributed by atoms with E-state index in [-0.39, 0.29) is 5.91 Å². The number of carbonyl (C=O) groups excluding carboxylic acids is 1. The van der Waals surface area contributed by atoms with E-state index in [0.717, 1.165) is 10.0 Å². The number of carboxylic acids is 1. The lowest BCUT2D eigenvalue weighted by atomic mass is 9.95. The summed E-state index contributed by atoms with van der Waals surface area (Å²) in [6.07, 6.45) is 0. The lowest BCUT2D eigenvalue weighted by molar-refractivity contribution is -0.148. The van der Waals surface area contributed by atoms with Crippen LogP contribution < -0.4 is 0 Å². The molecular weight excluding hydrogens is 310 g/mol. The minimum absolute atomic E-state index is 0.155. The Labute approximate surface area is 121 Å². The molecule has 19 heavy (non-hydrogen) atoms. The minimum atomic E-state index is -0.946. The molecule has 0 fully saturated rings. The fourth-order valence-electron chi connectivity index (χ4n) is 1.72. The number of carbonyl (C=O) groups is 2. The summed E-state index contributed by atoms with van der Waals surface area (Å²) in [4.78, 5) is 24.6. The Bertz CT molecular complexity index is 458. The van der Waals surface area contributed by atoms with Crippen molar-refractivity contribution in [3.63, 3.8) is 0 Å². The second-order valence-electron chi connectivity index (χ2n) is 4.74. The Balaban J connectivity index is 2.67. The first-order chi connectivity index (χ1) is 8.82. The zero-order valence-electron chi connectivity index (χ0n) is 11.3. The smallest absolute Gasteiger partial charge is 0.307 e. The van der Waals surface area contributed by atoms with Gasteiger partial charge in [-0.25, -0.2) is 0 Å². The molecule has 2 atom stereocenters. The highest BCUT2D eigenvalue weighted by Crippen LogP contribution is 2.16. The molecule has 0 radical (unpaired) electrons. The summed E-state index contributed by atoms with van der Waals surface area (Å²) in [5.74, 6) is -2.31. The fourth-order valence-corrected chi connectivity index (χ4v) is 1.98. The number of rotatable bonds is 5. The summed E-state index contributed by atoms with van der Waals surface area (Å²) >= 11 is 3.35. The monoisotopic (exact) mass is 327 g/mol. The molecule has 0 aliphatic heterocycles. The summed E-state index contributed by atoms with van der Waals surface area (Å²) in [7, 11) is 1.69. The molecule has 0 aliphatic rings. The van der Waals surface area contributed by atoms with Crippen molar-refractivity contribution in [1.29, 1.82) is 0 Å². The van der Waals surface area contributed by atoms with Crippen molar-refractivity contribution in [1.82, 2.24) is 4.90 Å². The van der Waals surface area contributed by atoms with Gasteiger partial charge in [0.05, 0.1) is 5.92 Å². The van der Waals surface area contributed by atoms with Gasteiger partial charge in [0.2, 0.25) is 5.91 Å². The third-order valence-electron chi connectivity index (χ3n) is 3.24. The van der Waals surface area contributed by atoms with Gasteiger partial charge >= 0.3 is 5.97 Å². The Morgan fingerprint density at radius 1 is 1.21 bits per heavy atom. The predicted octanol–water partition coefficient (Wildman–Crippen LogP) is 2.76. The van der Waals surface area contributed by atoms with Gasteiger partial charge in [-0.05, 0) is 17.7 Å². The SMILES string of the molecule is CC(C(=O)O)C(C)C(=O)N(C)Cc1ccc(Br)cc1. The molecule has 0 heterocycles. The van der Waals surface area contributed by atoms with Crippen LogP contribution in [0.25, 0.3) is 0 Å². The molecule has 5 heteroatoms.